The molecular formula is C17H18ClNOS2. The van der Waals surface area contributed by atoms with E-state index in [0.29, 0.717) is 0 Å². The van der Waals surface area contributed by atoms with Crippen LogP contribution >= 0.6 is 34.7 Å². The number of aliphatic imine (C=N–C) groups is 1. The van der Waals surface area contributed by atoms with E-state index in [4.69, 9.17) is 11.6 Å². The van der Waals surface area contributed by atoms with Gasteiger partial charge in [0, 0.05) is 32.5 Å². The maximum Gasteiger partial charge on any atom is 0.113 e. The second-order valence-corrected chi connectivity index (χ2v) is 7.44. The fourth-order valence-electron chi connectivity index (χ4n) is 1.94. The predicted molar refractivity (Wildman–Crippen MR) is 101 cm³/mol. The van der Waals surface area contributed by atoms with Crippen LogP contribution in [0.2, 0.25) is 5.02 Å². The van der Waals surface area contributed by atoms with Crippen LogP contribution in [0.1, 0.15) is 25.6 Å². The van der Waals surface area contributed by atoms with Crippen LogP contribution in [0.25, 0.3) is 10.1 Å². The van der Waals surface area contributed by atoms with Crippen molar-refractivity contribution in [2.45, 2.75) is 26.5 Å². The molecule has 1 N–H and O–H groups in total. The summed E-state index contributed by atoms with van der Waals surface area (Å²) < 4.78 is 1.21. The van der Waals surface area contributed by atoms with Crippen molar-refractivity contribution in [1.82, 2.24) is 0 Å². The monoisotopic (exact) mass is 351 g/mol. The van der Waals surface area contributed by atoms with Crippen LogP contribution < -0.4 is 0 Å². The molecule has 0 fully saturated rings. The molecule has 5 heteroatoms. The fraction of sp³-hybridized carbons (Fsp3) is 0.235. The Morgan fingerprint density at radius 3 is 2.77 bits per heavy atom. The SMILES string of the molecule is CC=C(O)/C=C(/C)N=C(C)SCc1sc2ccccc2c1Cl. The minimum atomic E-state index is 0.228. The van der Waals surface area contributed by atoms with Gasteiger partial charge in [0.05, 0.1) is 10.1 Å². The highest BCUT2D eigenvalue weighted by atomic mass is 35.5. The Bertz CT molecular complexity index is 759. The van der Waals surface area contributed by atoms with Crippen LogP contribution in [0.5, 0.6) is 0 Å². The van der Waals surface area contributed by atoms with Gasteiger partial charge in [-0.3, -0.25) is 4.99 Å². The summed E-state index contributed by atoms with van der Waals surface area (Å²) >= 11 is 9.82. The number of nitrogens with zero attached hydrogens (tertiary/aromatic N) is 1. The summed E-state index contributed by atoms with van der Waals surface area (Å²) in [5.41, 5.74) is 0.781. The zero-order chi connectivity index (χ0) is 16.1. The highest BCUT2D eigenvalue weighted by Crippen LogP contribution is 2.37. The molecule has 1 aromatic carbocycles. The van der Waals surface area contributed by atoms with Crippen molar-refractivity contribution in [2.24, 2.45) is 4.99 Å². The third-order valence-corrected chi connectivity index (χ3v) is 5.84. The molecule has 0 aliphatic heterocycles. The molecule has 0 unspecified atom stereocenters. The number of thiophene rings is 1. The number of benzene rings is 1. The topological polar surface area (TPSA) is 32.6 Å². The van der Waals surface area contributed by atoms with E-state index in [2.05, 4.69) is 17.1 Å². The average Bonchev–Trinajstić information content (AvgIpc) is 2.82. The zero-order valence-corrected chi connectivity index (χ0v) is 15.1. The zero-order valence-electron chi connectivity index (χ0n) is 12.8. The molecule has 2 nitrogen and oxygen atoms in total. The van der Waals surface area contributed by atoms with Gasteiger partial charge in [-0.05, 0) is 32.9 Å². The van der Waals surface area contributed by atoms with Crippen molar-refractivity contribution in [2.75, 3.05) is 0 Å². The minimum Gasteiger partial charge on any atom is -0.508 e. The van der Waals surface area contributed by atoms with Crippen LogP contribution in [0.15, 0.2) is 52.9 Å². The molecule has 0 amide bonds. The van der Waals surface area contributed by atoms with E-state index in [1.807, 2.05) is 26.0 Å². The number of aliphatic hydroxyl groups is 1. The summed E-state index contributed by atoms with van der Waals surface area (Å²) in [7, 11) is 0. The van der Waals surface area contributed by atoms with E-state index in [0.717, 1.165) is 26.9 Å². The molecule has 0 spiro atoms. The molecule has 0 radical (unpaired) electrons. The maximum absolute atomic E-state index is 9.46. The molecule has 1 heterocycles. The van der Waals surface area contributed by atoms with Crippen LogP contribution in [0.3, 0.4) is 0 Å². The van der Waals surface area contributed by atoms with Crippen molar-refractivity contribution in [3.05, 3.63) is 57.8 Å². The highest BCUT2D eigenvalue weighted by molar-refractivity contribution is 8.13. The summed E-state index contributed by atoms with van der Waals surface area (Å²) in [6, 6.07) is 8.18. The summed E-state index contributed by atoms with van der Waals surface area (Å²) in [5, 5.41) is 12.4. The summed E-state index contributed by atoms with van der Waals surface area (Å²) in [6.07, 6.45) is 3.29. The summed E-state index contributed by atoms with van der Waals surface area (Å²) in [4.78, 5) is 5.63. The third-order valence-electron chi connectivity index (χ3n) is 3.00. The number of fused-ring (bicyclic) bond motifs is 1. The van der Waals surface area contributed by atoms with E-state index in [9.17, 15) is 5.11 Å². The number of allylic oxidation sites excluding steroid dienone is 3. The second-order valence-electron chi connectivity index (χ2n) is 4.75. The normalized spacial score (nSPS) is 13.9. The van der Waals surface area contributed by atoms with Crippen molar-refractivity contribution in [1.29, 1.82) is 0 Å². The number of aliphatic hydroxyl groups excluding tert-OH is 1. The van der Waals surface area contributed by atoms with Gasteiger partial charge in [-0.15, -0.1) is 23.1 Å². The molecule has 0 aliphatic carbocycles. The van der Waals surface area contributed by atoms with Gasteiger partial charge in [-0.1, -0.05) is 29.8 Å². The number of halogens is 1. The summed E-state index contributed by atoms with van der Waals surface area (Å²) in [6.45, 7) is 5.63. The smallest absolute Gasteiger partial charge is 0.113 e. The Morgan fingerprint density at radius 1 is 1.36 bits per heavy atom. The van der Waals surface area contributed by atoms with Gasteiger partial charge in [0.1, 0.15) is 5.76 Å². The Labute approximate surface area is 144 Å². The second kappa shape index (κ2) is 7.86. The Morgan fingerprint density at radius 2 is 2.09 bits per heavy atom. The van der Waals surface area contributed by atoms with Gasteiger partial charge < -0.3 is 5.11 Å². The Kier molecular flexibility index (Phi) is 6.12. The van der Waals surface area contributed by atoms with Gasteiger partial charge in [0.15, 0.2) is 0 Å². The predicted octanol–water partition coefficient (Wildman–Crippen LogP) is 6.57. The third kappa shape index (κ3) is 4.38. The van der Waals surface area contributed by atoms with E-state index in [1.54, 1.807) is 42.2 Å². The lowest BCUT2D eigenvalue weighted by molar-refractivity contribution is 0.430. The van der Waals surface area contributed by atoms with Gasteiger partial charge in [-0.2, -0.15) is 0 Å². The fourth-order valence-corrected chi connectivity index (χ4v) is 4.42. The molecule has 0 bridgehead atoms. The molecule has 116 valence electrons. The van der Waals surface area contributed by atoms with Gasteiger partial charge in [0.25, 0.3) is 0 Å². The lowest BCUT2D eigenvalue weighted by atomic mass is 10.2. The van der Waals surface area contributed by atoms with Crippen LogP contribution in [0.4, 0.5) is 0 Å². The van der Waals surface area contributed by atoms with Gasteiger partial charge >= 0.3 is 0 Å². The number of hydrogen-bond acceptors (Lipinski definition) is 4. The van der Waals surface area contributed by atoms with E-state index in [-0.39, 0.29) is 5.76 Å². The molecule has 0 atom stereocenters. The van der Waals surface area contributed by atoms with Gasteiger partial charge in [-0.25, -0.2) is 0 Å². The molecule has 0 saturated carbocycles. The Balaban J connectivity index is 2.08. The van der Waals surface area contributed by atoms with Crippen LogP contribution in [0, 0.1) is 0 Å². The van der Waals surface area contributed by atoms with E-state index < -0.39 is 0 Å². The van der Waals surface area contributed by atoms with Crippen LogP contribution in [-0.4, -0.2) is 10.2 Å². The largest absolute Gasteiger partial charge is 0.508 e. The molecule has 0 saturated heterocycles. The average molecular weight is 352 g/mol. The molecule has 22 heavy (non-hydrogen) atoms. The first-order valence-electron chi connectivity index (χ1n) is 6.89. The molecular weight excluding hydrogens is 334 g/mol. The lowest BCUT2D eigenvalue weighted by Crippen LogP contribution is -1.87. The maximum atomic E-state index is 9.46. The molecule has 2 rings (SSSR count). The Hall–Kier alpha value is -1.23. The van der Waals surface area contributed by atoms with Crippen molar-refractivity contribution >= 4 is 49.8 Å². The first-order chi connectivity index (χ1) is 10.5. The van der Waals surface area contributed by atoms with E-state index in [1.165, 1.54) is 9.58 Å². The number of thioether (sulfide) groups is 1. The van der Waals surface area contributed by atoms with E-state index >= 15 is 0 Å². The highest BCUT2D eigenvalue weighted by Gasteiger charge is 2.10. The first-order valence-corrected chi connectivity index (χ1v) is 9.07. The van der Waals surface area contributed by atoms with Crippen LogP contribution in [-0.2, 0) is 5.75 Å². The van der Waals surface area contributed by atoms with Crippen molar-refractivity contribution in [3.63, 3.8) is 0 Å². The summed E-state index contributed by atoms with van der Waals surface area (Å²) in [5.74, 6) is 1.03. The first kappa shape index (κ1) is 17.1. The quantitative estimate of drug-likeness (QED) is 0.292. The lowest BCUT2D eigenvalue weighted by Gasteiger charge is -2.01. The molecule has 1 aromatic heterocycles. The molecule has 0 aliphatic rings. The number of rotatable bonds is 4. The van der Waals surface area contributed by atoms with Crippen molar-refractivity contribution in [3.8, 4) is 0 Å². The molecule has 2 aromatic rings. The minimum absolute atomic E-state index is 0.228. The number of hydrogen-bond donors (Lipinski definition) is 1. The standard InChI is InChI=1S/C17H18ClNOS2/c1-4-13(20)9-11(2)19-12(3)21-10-16-17(18)14-7-5-6-8-15(14)22-16/h4-9,20H,10H2,1-3H3/b11-9-,13-4?,19-12?. The van der Waals surface area contributed by atoms with Crippen molar-refractivity contribution < 1.29 is 5.11 Å². The van der Waals surface area contributed by atoms with Gasteiger partial charge in [0.2, 0.25) is 0 Å².